The van der Waals surface area contributed by atoms with Crippen LogP contribution < -0.4 is 15.2 Å². The monoisotopic (exact) mass is 434 g/mol. The van der Waals surface area contributed by atoms with E-state index in [1.54, 1.807) is 18.9 Å². The second kappa shape index (κ2) is 10.3. The number of hydrogen-bond donors (Lipinski definition) is 1. The van der Waals surface area contributed by atoms with Crippen LogP contribution in [-0.4, -0.2) is 58.5 Å². The first-order valence-electron chi connectivity index (χ1n) is 11.1. The van der Waals surface area contributed by atoms with Crippen molar-refractivity contribution in [1.82, 2.24) is 24.6 Å². The SMILES string of the molecule is COc1ccc(Cn2nc(C#CCCCCN3CCCC3)c3ncnc(N)c32)c(OC)c1. The topological polar surface area (TPSA) is 91.3 Å². The summed E-state index contributed by atoms with van der Waals surface area (Å²) in [5.74, 6) is 8.30. The van der Waals surface area contributed by atoms with Gasteiger partial charge in [-0.15, -0.1) is 0 Å². The number of fused-ring (bicyclic) bond motifs is 1. The molecule has 4 rings (SSSR count). The average molecular weight is 435 g/mol. The zero-order valence-electron chi connectivity index (χ0n) is 18.8. The molecule has 3 aromatic rings. The molecule has 0 atom stereocenters. The Balaban J connectivity index is 1.51. The van der Waals surface area contributed by atoms with Crippen LogP contribution in [0.4, 0.5) is 5.82 Å². The van der Waals surface area contributed by atoms with E-state index < -0.39 is 0 Å². The van der Waals surface area contributed by atoms with E-state index >= 15 is 0 Å². The standard InChI is InChI=1S/C24H30N6O2/c1-31-19-11-10-18(21(15-19)32-2)16-30-23-22(26-17-27-24(23)25)20(28-30)9-5-3-4-6-12-29-13-7-8-14-29/h10-11,15,17H,3-4,6-8,12-14,16H2,1-2H3,(H2,25,26,27). The highest BCUT2D eigenvalue weighted by molar-refractivity contribution is 5.88. The molecule has 0 unspecified atom stereocenters. The van der Waals surface area contributed by atoms with Crippen molar-refractivity contribution in [2.45, 2.75) is 38.6 Å². The Morgan fingerprint density at radius 3 is 2.72 bits per heavy atom. The van der Waals surface area contributed by atoms with E-state index in [9.17, 15) is 0 Å². The maximum Gasteiger partial charge on any atom is 0.161 e. The quantitative estimate of drug-likeness (QED) is 0.430. The predicted molar refractivity (Wildman–Crippen MR) is 125 cm³/mol. The van der Waals surface area contributed by atoms with Crippen molar-refractivity contribution in [3.63, 3.8) is 0 Å². The van der Waals surface area contributed by atoms with Crippen molar-refractivity contribution in [2.75, 3.05) is 39.6 Å². The molecule has 1 saturated heterocycles. The van der Waals surface area contributed by atoms with Gasteiger partial charge in [-0.3, -0.25) is 4.68 Å². The fourth-order valence-corrected chi connectivity index (χ4v) is 4.08. The first kappa shape index (κ1) is 21.9. The maximum atomic E-state index is 6.18. The lowest BCUT2D eigenvalue weighted by Gasteiger charge is -2.12. The van der Waals surface area contributed by atoms with Gasteiger partial charge in [0.15, 0.2) is 11.5 Å². The fourth-order valence-electron chi connectivity index (χ4n) is 4.08. The average Bonchev–Trinajstić information content (AvgIpc) is 3.45. The van der Waals surface area contributed by atoms with Crippen molar-refractivity contribution in [2.24, 2.45) is 0 Å². The Morgan fingerprint density at radius 1 is 1.09 bits per heavy atom. The number of likely N-dealkylation sites (tertiary alicyclic amines) is 1. The first-order chi connectivity index (χ1) is 15.7. The molecule has 1 aromatic carbocycles. The van der Waals surface area contributed by atoms with Gasteiger partial charge in [0.1, 0.15) is 28.9 Å². The number of rotatable bonds is 8. The minimum atomic E-state index is 0.383. The van der Waals surface area contributed by atoms with Crippen molar-refractivity contribution in [3.05, 3.63) is 35.8 Å². The first-order valence-corrected chi connectivity index (χ1v) is 11.1. The van der Waals surface area contributed by atoms with E-state index in [1.165, 1.54) is 45.2 Å². The molecule has 0 aliphatic carbocycles. The minimum Gasteiger partial charge on any atom is -0.497 e. The van der Waals surface area contributed by atoms with Crippen LogP contribution >= 0.6 is 0 Å². The number of nitrogens with two attached hydrogens (primary N) is 1. The molecule has 0 amide bonds. The molecule has 32 heavy (non-hydrogen) atoms. The highest BCUT2D eigenvalue weighted by Gasteiger charge is 2.16. The van der Waals surface area contributed by atoms with Crippen LogP contribution in [0.2, 0.25) is 0 Å². The van der Waals surface area contributed by atoms with Gasteiger partial charge < -0.3 is 20.1 Å². The number of nitrogen functional groups attached to an aromatic ring is 1. The molecule has 2 aromatic heterocycles. The van der Waals surface area contributed by atoms with Gasteiger partial charge in [-0.2, -0.15) is 5.10 Å². The van der Waals surface area contributed by atoms with Gasteiger partial charge in [0.2, 0.25) is 0 Å². The third-order valence-corrected chi connectivity index (χ3v) is 5.80. The van der Waals surface area contributed by atoms with E-state index in [0.717, 1.165) is 24.2 Å². The highest BCUT2D eigenvalue weighted by Crippen LogP contribution is 2.27. The molecule has 1 fully saturated rings. The zero-order chi connectivity index (χ0) is 22.3. The Morgan fingerprint density at radius 2 is 1.94 bits per heavy atom. The normalized spacial score (nSPS) is 13.8. The molecule has 168 valence electrons. The molecule has 3 heterocycles. The van der Waals surface area contributed by atoms with E-state index in [2.05, 4.69) is 26.7 Å². The third kappa shape index (κ3) is 4.94. The number of benzene rings is 1. The van der Waals surface area contributed by atoms with Gasteiger partial charge in [0.05, 0.1) is 20.8 Å². The number of hydrogen-bond acceptors (Lipinski definition) is 7. The molecule has 0 radical (unpaired) electrons. The smallest absolute Gasteiger partial charge is 0.161 e. The van der Waals surface area contributed by atoms with Gasteiger partial charge in [-0.05, 0) is 63.4 Å². The summed E-state index contributed by atoms with van der Waals surface area (Å²) in [6.07, 6.45) is 7.23. The highest BCUT2D eigenvalue weighted by atomic mass is 16.5. The molecule has 1 aliphatic heterocycles. The second-order valence-electron chi connectivity index (χ2n) is 7.95. The minimum absolute atomic E-state index is 0.383. The zero-order valence-corrected chi connectivity index (χ0v) is 18.8. The van der Waals surface area contributed by atoms with Crippen LogP contribution in [0.3, 0.4) is 0 Å². The molecular weight excluding hydrogens is 404 g/mol. The summed E-state index contributed by atoms with van der Waals surface area (Å²) < 4.78 is 12.6. The van der Waals surface area contributed by atoms with Crippen LogP contribution in [0.25, 0.3) is 11.0 Å². The van der Waals surface area contributed by atoms with Gasteiger partial charge in [-0.25, -0.2) is 9.97 Å². The number of nitrogens with zero attached hydrogens (tertiary/aromatic N) is 5. The predicted octanol–water partition coefficient (Wildman–Crippen LogP) is 3.09. The second-order valence-corrected chi connectivity index (χ2v) is 7.95. The van der Waals surface area contributed by atoms with Crippen molar-refractivity contribution >= 4 is 16.9 Å². The van der Waals surface area contributed by atoms with Crippen LogP contribution in [0, 0.1) is 11.8 Å². The number of unbranched alkanes of at least 4 members (excludes halogenated alkanes) is 2. The van der Waals surface area contributed by atoms with E-state index in [1.807, 2.05) is 18.2 Å². The summed E-state index contributed by atoms with van der Waals surface area (Å²) in [7, 11) is 3.27. The number of ether oxygens (including phenoxy) is 2. The molecular formula is C24H30N6O2. The summed E-state index contributed by atoms with van der Waals surface area (Å²) >= 11 is 0. The van der Waals surface area contributed by atoms with Gasteiger partial charge in [-0.1, -0.05) is 5.92 Å². The summed E-state index contributed by atoms with van der Waals surface area (Å²) in [5, 5.41) is 4.71. The summed E-state index contributed by atoms with van der Waals surface area (Å²) in [6, 6.07) is 5.70. The molecule has 0 saturated carbocycles. The molecule has 8 nitrogen and oxygen atoms in total. The Hall–Kier alpha value is -3.31. The number of aromatic nitrogens is 4. The lowest BCUT2D eigenvalue weighted by Crippen LogP contribution is -2.20. The fraction of sp³-hybridized carbons (Fsp3) is 0.458. The van der Waals surface area contributed by atoms with E-state index in [-0.39, 0.29) is 0 Å². The Bertz CT molecular complexity index is 1120. The van der Waals surface area contributed by atoms with Crippen LogP contribution in [0.15, 0.2) is 24.5 Å². The van der Waals surface area contributed by atoms with Crippen molar-refractivity contribution < 1.29 is 9.47 Å². The third-order valence-electron chi connectivity index (χ3n) is 5.80. The molecule has 1 aliphatic rings. The summed E-state index contributed by atoms with van der Waals surface area (Å²) in [4.78, 5) is 11.1. The lowest BCUT2D eigenvalue weighted by atomic mass is 10.2. The molecule has 0 bridgehead atoms. The van der Waals surface area contributed by atoms with Gasteiger partial charge in [0.25, 0.3) is 0 Å². The lowest BCUT2D eigenvalue weighted by molar-refractivity contribution is 0.331. The number of anilines is 1. The van der Waals surface area contributed by atoms with Crippen LogP contribution in [0.1, 0.15) is 43.4 Å². The van der Waals surface area contributed by atoms with E-state index in [4.69, 9.17) is 20.3 Å². The molecule has 0 spiro atoms. The van der Waals surface area contributed by atoms with Gasteiger partial charge in [0, 0.05) is 18.1 Å². The van der Waals surface area contributed by atoms with Crippen molar-refractivity contribution in [3.8, 4) is 23.3 Å². The van der Waals surface area contributed by atoms with Crippen molar-refractivity contribution in [1.29, 1.82) is 0 Å². The molecule has 8 heteroatoms. The summed E-state index contributed by atoms with van der Waals surface area (Å²) in [5.41, 5.74) is 9.11. The largest absolute Gasteiger partial charge is 0.497 e. The van der Waals surface area contributed by atoms with Crippen LogP contribution in [-0.2, 0) is 6.54 Å². The van der Waals surface area contributed by atoms with E-state index in [0.29, 0.717) is 34.8 Å². The van der Waals surface area contributed by atoms with Crippen LogP contribution in [0.5, 0.6) is 11.5 Å². The molecule has 2 N–H and O–H groups in total. The Kier molecular flexibility index (Phi) is 7.07. The van der Waals surface area contributed by atoms with Gasteiger partial charge >= 0.3 is 0 Å². The number of methoxy groups -OCH3 is 2. The Labute approximate surface area is 188 Å². The summed E-state index contributed by atoms with van der Waals surface area (Å²) in [6.45, 7) is 4.12. The maximum absolute atomic E-state index is 6.18.